The summed E-state index contributed by atoms with van der Waals surface area (Å²) >= 11 is 10.0. The van der Waals surface area contributed by atoms with Gasteiger partial charge in [-0.3, -0.25) is 0 Å². The van der Waals surface area contributed by atoms with Crippen LogP contribution in [0.4, 0.5) is 0 Å². The van der Waals surface area contributed by atoms with Gasteiger partial charge in [0, 0.05) is 16.0 Å². The van der Waals surface area contributed by atoms with Crippen LogP contribution in [0.3, 0.4) is 0 Å². The van der Waals surface area contributed by atoms with Gasteiger partial charge in [-0.2, -0.15) is 0 Å². The second-order valence-electron chi connectivity index (χ2n) is 4.41. The summed E-state index contributed by atoms with van der Waals surface area (Å²) in [5.41, 5.74) is 2.34. The third kappa shape index (κ3) is 2.15. The molecule has 0 bridgehead atoms. The molecule has 1 heterocycles. The lowest BCUT2D eigenvalue weighted by atomic mass is 9.93. The SMILES string of the molecule is ClC(c1ccc(Br)cc1)C1COc2ccccc21. The van der Waals surface area contributed by atoms with Crippen molar-refractivity contribution >= 4 is 27.5 Å². The minimum atomic E-state index is -0.0539. The van der Waals surface area contributed by atoms with Crippen LogP contribution in [0.25, 0.3) is 0 Å². The average molecular weight is 324 g/mol. The fourth-order valence-corrected chi connectivity index (χ4v) is 2.93. The zero-order valence-corrected chi connectivity index (χ0v) is 12.0. The van der Waals surface area contributed by atoms with Crippen LogP contribution in [0.1, 0.15) is 22.4 Å². The van der Waals surface area contributed by atoms with Crippen LogP contribution in [0.5, 0.6) is 5.75 Å². The monoisotopic (exact) mass is 322 g/mol. The van der Waals surface area contributed by atoms with Crippen molar-refractivity contribution in [3.05, 3.63) is 64.1 Å². The summed E-state index contributed by atoms with van der Waals surface area (Å²) in [6.07, 6.45) is 0. The van der Waals surface area contributed by atoms with E-state index in [0.717, 1.165) is 15.8 Å². The number of rotatable bonds is 2. The molecule has 1 aliphatic rings. The van der Waals surface area contributed by atoms with Gasteiger partial charge in [-0.05, 0) is 23.8 Å². The molecule has 3 rings (SSSR count). The van der Waals surface area contributed by atoms with Crippen LogP contribution in [0.2, 0.25) is 0 Å². The smallest absolute Gasteiger partial charge is 0.122 e. The highest BCUT2D eigenvalue weighted by molar-refractivity contribution is 9.10. The summed E-state index contributed by atoms with van der Waals surface area (Å²) in [7, 11) is 0. The number of benzene rings is 2. The van der Waals surface area contributed by atoms with Gasteiger partial charge in [-0.1, -0.05) is 46.3 Å². The van der Waals surface area contributed by atoms with E-state index in [2.05, 4.69) is 34.1 Å². The lowest BCUT2D eigenvalue weighted by molar-refractivity contribution is 0.328. The number of alkyl halides is 1. The average Bonchev–Trinajstić information content (AvgIpc) is 2.82. The molecule has 2 atom stereocenters. The Morgan fingerprint density at radius 3 is 2.61 bits per heavy atom. The maximum atomic E-state index is 6.60. The fourth-order valence-electron chi connectivity index (χ4n) is 2.31. The van der Waals surface area contributed by atoms with E-state index in [1.54, 1.807) is 0 Å². The molecule has 1 aliphatic heterocycles. The second-order valence-corrected chi connectivity index (χ2v) is 5.79. The predicted octanol–water partition coefficient (Wildman–Crippen LogP) is 4.91. The number of halogens is 2. The topological polar surface area (TPSA) is 9.23 Å². The van der Waals surface area contributed by atoms with Gasteiger partial charge in [-0.25, -0.2) is 0 Å². The molecular weight excluding hydrogens is 312 g/mol. The van der Waals surface area contributed by atoms with Crippen molar-refractivity contribution in [1.29, 1.82) is 0 Å². The molecule has 2 aromatic rings. The van der Waals surface area contributed by atoms with Crippen molar-refractivity contribution in [2.45, 2.75) is 11.3 Å². The molecule has 0 fully saturated rings. The number of fused-ring (bicyclic) bond motifs is 1. The predicted molar refractivity (Wildman–Crippen MR) is 77.4 cm³/mol. The van der Waals surface area contributed by atoms with Gasteiger partial charge in [0.05, 0.1) is 12.0 Å². The summed E-state index contributed by atoms with van der Waals surface area (Å²) in [5, 5.41) is -0.0539. The van der Waals surface area contributed by atoms with E-state index in [0.29, 0.717) is 6.61 Å². The van der Waals surface area contributed by atoms with Gasteiger partial charge >= 0.3 is 0 Å². The summed E-state index contributed by atoms with van der Waals surface area (Å²) in [4.78, 5) is 0. The Balaban J connectivity index is 1.90. The van der Waals surface area contributed by atoms with E-state index in [1.165, 1.54) is 5.56 Å². The molecule has 0 saturated carbocycles. The first kappa shape index (κ1) is 12.1. The van der Waals surface area contributed by atoms with Crippen molar-refractivity contribution in [3.8, 4) is 5.75 Å². The van der Waals surface area contributed by atoms with Crippen LogP contribution in [-0.4, -0.2) is 6.61 Å². The number of ether oxygens (including phenoxy) is 1. The van der Waals surface area contributed by atoms with Crippen LogP contribution in [-0.2, 0) is 0 Å². The molecule has 0 saturated heterocycles. The Morgan fingerprint density at radius 1 is 1.11 bits per heavy atom. The van der Waals surface area contributed by atoms with E-state index in [1.807, 2.05) is 30.3 Å². The summed E-state index contributed by atoms with van der Waals surface area (Å²) < 4.78 is 6.75. The molecule has 1 nitrogen and oxygen atoms in total. The van der Waals surface area contributed by atoms with Crippen molar-refractivity contribution in [2.75, 3.05) is 6.61 Å². The molecular formula is C15H12BrClO. The van der Waals surface area contributed by atoms with Gasteiger partial charge in [0.25, 0.3) is 0 Å². The van der Waals surface area contributed by atoms with Gasteiger partial charge in [0.15, 0.2) is 0 Å². The molecule has 0 amide bonds. The van der Waals surface area contributed by atoms with Crippen molar-refractivity contribution < 1.29 is 4.74 Å². The normalized spacial score (nSPS) is 19.1. The summed E-state index contributed by atoms with van der Waals surface area (Å²) in [5.74, 6) is 1.19. The van der Waals surface area contributed by atoms with E-state index in [9.17, 15) is 0 Å². The highest BCUT2D eigenvalue weighted by Gasteiger charge is 2.30. The van der Waals surface area contributed by atoms with Gasteiger partial charge in [0.2, 0.25) is 0 Å². The molecule has 0 spiro atoms. The Hall–Kier alpha value is -0.990. The Bertz CT molecular complexity index is 553. The molecule has 0 aliphatic carbocycles. The van der Waals surface area contributed by atoms with Gasteiger partial charge < -0.3 is 4.74 Å². The second kappa shape index (κ2) is 4.94. The first-order chi connectivity index (χ1) is 8.75. The Morgan fingerprint density at radius 2 is 1.83 bits per heavy atom. The van der Waals surface area contributed by atoms with Crippen molar-refractivity contribution in [3.63, 3.8) is 0 Å². The van der Waals surface area contributed by atoms with E-state index >= 15 is 0 Å². The fraction of sp³-hybridized carbons (Fsp3) is 0.200. The number of hydrogen-bond donors (Lipinski definition) is 0. The zero-order valence-electron chi connectivity index (χ0n) is 9.64. The molecule has 18 heavy (non-hydrogen) atoms. The van der Waals surface area contributed by atoms with Crippen molar-refractivity contribution in [2.24, 2.45) is 0 Å². The standard InChI is InChI=1S/C15H12BrClO/c16-11-7-5-10(6-8-11)15(17)13-9-18-14-4-2-1-3-12(13)14/h1-8,13,15H,9H2. The minimum absolute atomic E-state index is 0.0539. The van der Waals surface area contributed by atoms with Crippen molar-refractivity contribution in [1.82, 2.24) is 0 Å². The largest absolute Gasteiger partial charge is 0.493 e. The zero-order chi connectivity index (χ0) is 12.5. The third-order valence-electron chi connectivity index (χ3n) is 3.28. The molecule has 2 aromatic carbocycles. The highest BCUT2D eigenvalue weighted by Crippen LogP contribution is 2.44. The maximum absolute atomic E-state index is 6.60. The van der Waals surface area contributed by atoms with Gasteiger partial charge in [-0.15, -0.1) is 11.6 Å². The lowest BCUT2D eigenvalue weighted by Crippen LogP contribution is -2.07. The first-order valence-corrected chi connectivity index (χ1v) is 7.10. The van der Waals surface area contributed by atoms with Crippen LogP contribution >= 0.6 is 27.5 Å². The highest BCUT2D eigenvalue weighted by atomic mass is 79.9. The van der Waals surface area contributed by atoms with E-state index in [-0.39, 0.29) is 11.3 Å². The minimum Gasteiger partial charge on any atom is -0.493 e. The summed E-state index contributed by atoms with van der Waals surface area (Å²) in [6, 6.07) is 16.3. The molecule has 0 radical (unpaired) electrons. The summed E-state index contributed by atoms with van der Waals surface area (Å²) in [6.45, 7) is 0.656. The van der Waals surface area contributed by atoms with E-state index in [4.69, 9.17) is 16.3 Å². The lowest BCUT2D eigenvalue weighted by Gasteiger charge is -2.16. The van der Waals surface area contributed by atoms with Crippen LogP contribution in [0, 0.1) is 0 Å². The Kier molecular flexibility index (Phi) is 3.31. The third-order valence-corrected chi connectivity index (χ3v) is 4.36. The first-order valence-electron chi connectivity index (χ1n) is 5.87. The number of para-hydroxylation sites is 1. The Labute approximate surface area is 120 Å². The van der Waals surface area contributed by atoms with E-state index < -0.39 is 0 Å². The molecule has 3 heteroatoms. The van der Waals surface area contributed by atoms with Crippen LogP contribution < -0.4 is 4.74 Å². The molecule has 2 unspecified atom stereocenters. The molecule has 92 valence electrons. The molecule has 0 N–H and O–H groups in total. The van der Waals surface area contributed by atoms with Crippen LogP contribution in [0.15, 0.2) is 53.0 Å². The maximum Gasteiger partial charge on any atom is 0.122 e. The molecule has 0 aromatic heterocycles. The quantitative estimate of drug-likeness (QED) is 0.714. The number of hydrogen-bond acceptors (Lipinski definition) is 1. The van der Waals surface area contributed by atoms with Gasteiger partial charge in [0.1, 0.15) is 5.75 Å².